The first-order valence-electron chi connectivity index (χ1n) is 7.61. The fourth-order valence-electron chi connectivity index (χ4n) is 2.30. The highest BCUT2D eigenvalue weighted by Gasteiger charge is 2.22. The molecule has 25 heavy (non-hydrogen) atoms. The second-order valence-corrected chi connectivity index (χ2v) is 5.62. The number of halogens is 3. The van der Waals surface area contributed by atoms with Gasteiger partial charge in [0.15, 0.2) is 17.5 Å². The van der Waals surface area contributed by atoms with Gasteiger partial charge in [0.25, 0.3) is 0 Å². The van der Waals surface area contributed by atoms with Gasteiger partial charge in [-0.2, -0.15) is 0 Å². The molecule has 1 amide bonds. The van der Waals surface area contributed by atoms with Crippen LogP contribution >= 0.6 is 0 Å². The highest BCUT2D eigenvalue weighted by Crippen LogP contribution is 2.22. The molecule has 0 saturated heterocycles. The normalized spacial score (nSPS) is 12.1. The van der Waals surface area contributed by atoms with E-state index in [1.807, 2.05) is 24.3 Å². The van der Waals surface area contributed by atoms with E-state index < -0.39 is 35.1 Å². The number of rotatable bonds is 6. The van der Waals surface area contributed by atoms with Gasteiger partial charge in [0.1, 0.15) is 5.75 Å². The molecule has 0 aliphatic carbocycles. The van der Waals surface area contributed by atoms with Crippen LogP contribution in [-0.2, 0) is 11.3 Å². The van der Waals surface area contributed by atoms with E-state index >= 15 is 0 Å². The van der Waals surface area contributed by atoms with E-state index in [9.17, 15) is 18.0 Å². The summed E-state index contributed by atoms with van der Waals surface area (Å²) in [6.07, 6.45) is 0. The molecule has 0 spiro atoms. The molecule has 0 unspecified atom stereocenters. The Morgan fingerprint density at radius 1 is 1.16 bits per heavy atom. The van der Waals surface area contributed by atoms with Crippen LogP contribution in [0, 0.1) is 17.5 Å². The van der Waals surface area contributed by atoms with Crippen molar-refractivity contribution in [1.29, 1.82) is 0 Å². The number of nitrogens with zero attached hydrogens (tertiary/aromatic N) is 1. The zero-order valence-electron chi connectivity index (χ0n) is 14.1. The predicted octanol–water partition coefficient (Wildman–Crippen LogP) is 3.57. The molecule has 0 aliphatic heterocycles. The highest BCUT2D eigenvalue weighted by atomic mass is 19.2. The number of carbonyl (C=O) groups is 1. The van der Waals surface area contributed by atoms with E-state index in [1.165, 1.54) is 0 Å². The number of amides is 1. The van der Waals surface area contributed by atoms with Gasteiger partial charge in [-0.1, -0.05) is 18.2 Å². The molecule has 0 saturated carbocycles. The second kappa shape index (κ2) is 8.02. The van der Waals surface area contributed by atoms with E-state index in [0.717, 1.165) is 17.7 Å². The van der Waals surface area contributed by atoms with Crippen molar-refractivity contribution in [3.05, 3.63) is 59.4 Å². The maximum atomic E-state index is 13.7. The molecule has 4 nitrogen and oxygen atoms in total. The molecule has 0 aliphatic rings. The Bertz CT molecular complexity index is 768. The first-order valence-corrected chi connectivity index (χ1v) is 7.61. The number of nitrogens with one attached hydrogen (secondary N) is 1. The molecule has 134 valence electrons. The monoisotopic (exact) mass is 352 g/mol. The Hall–Kier alpha value is -2.54. The third-order valence-corrected chi connectivity index (χ3v) is 3.95. The molecular weight excluding hydrogens is 333 g/mol. The average Bonchev–Trinajstić information content (AvgIpc) is 2.61. The fraction of sp³-hybridized carbons (Fsp3) is 0.278. The van der Waals surface area contributed by atoms with Gasteiger partial charge in [-0.25, -0.2) is 13.2 Å². The van der Waals surface area contributed by atoms with Gasteiger partial charge in [-0.05, 0) is 32.2 Å². The highest BCUT2D eigenvalue weighted by molar-refractivity contribution is 5.94. The third-order valence-electron chi connectivity index (χ3n) is 3.95. The molecule has 1 atom stereocenters. The van der Waals surface area contributed by atoms with Crippen LogP contribution in [0.1, 0.15) is 12.5 Å². The number of benzene rings is 2. The van der Waals surface area contributed by atoms with Crippen LogP contribution in [0.15, 0.2) is 36.4 Å². The van der Waals surface area contributed by atoms with Crippen molar-refractivity contribution in [3.8, 4) is 5.75 Å². The summed E-state index contributed by atoms with van der Waals surface area (Å²) in [5.41, 5.74) is 0.479. The maximum Gasteiger partial charge on any atom is 0.241 e. The predicted molar refractivity (Wildman–Crippen MR) is 88.9 cm³/mol. The summed E-state index contributed by atoms with van der Waals surface area (Å²) in [7, 11) is 3.28. The number of carbonyl (C=O) groups excluding carboxylic acids is 1. The minimum Gasteiger partial charge on any atom is -0.496 e. The van der Waals surface area contributed by atoms with Crippen molar-refractivity contribution < 1.29 is 22.7 Å². The van der Waals surface area contributed by atoms with Gasteiger partial charge in [0.2, 0.25) is 5.91 Å². The number of para-hydroxylation sites is 1. The lowest BCUT2D eigenvalue weighted by molar-refractivity contribution is -0.120. The minimum atomic E-state index is -1.62. The summed E-state index contributed by atoms with van der Waals surface area (Å²) < 4.78 is 45.1. The van der Waals surface area contributed by atoms with Gasteiger partial charge >= 0.3 is 0 Å². The molecule has 0 fully saturated rings. The van der Waals surface area contributed by atoms with Gasteiger partial charge < -0.3 is 10.1 Å². The quantitative estimate of drug-likeness (QED) is 0.808. The Labute approximate surface area is 144 Å². The lowest BCUT2D eigenvalue weighted by Gasteiger charge is -2.24. The van der Waals surface area contributed by atoms with Crippen LogP contribution in [-0.4, -0.2) is 31.0 Å². The summed E-state index contributed by atoms with van der Waals surface area (Å²) in [5, 5.41) is 2.28. The van der Waals surface area contributed by atoms with E-state index in [-0.39, 0.29) is 0 Å². The molecule has 0 bridgehead atoms. The third kappa shape index (κ3) is 4.30. The topological polar surface area (TPSA) is 41.6 Å². The lowest BCUT2D eigenvalue weighted by Crippen LogP contribution is -2.39. The molecule has 2 rings (SSSR count). The van der Waals surface area contributed by atoms with Crippen LogP contribution in [0.2, 0.25) is 0 Å². The van der Waals surface area contributed by atoms with Crippen molar-refractivity contribution in [2.45, 2.75) is 19.5 Å². The lowest BCUT2D eigenvalue weighted by atomic mass is 10.1. The van der Waals surface area contributed by atoms with Crippen LogP contribution in [0.3, 0.4) is 0 Å². The van der Waals surface area contributed by atoms with E-state index in [2.05, 4.69) is 5.32 Å². The summed E-state index contributed by atoms with van der Waals surface area (Å²) in [5.74, 6) is -4.20. The van der Waals surface area contributed by atoms with Crippen molar-refractivity contribution >= 4 is 11.6 Å². The Morgan fingerprint density at radius 3 is 2.52 bits per heavy atom. The van der Waals surface area contributed by atoms with E-state index in [0.29, 0.717) is 12.3 Å². The maximum absolute atomic E-state index is 13.7. The Kier molecular flexibility index (Phi) is 6.03. The van der Waals surface area contributed by atoms with Crippen LogP contribution in [0.4, 0.5) is 18.9 Å². The molecule has 0 aromatic heterocycles. The van der Waals surface area contributed by atoms with Crippen molar-refractivity contribution in [3.63, 3.8) is 0 Å². The number of anilines is 1. The molecule has 0 radical (unpaired) electrons. The van der Waals surface area contributed by atoms with Crippen LogP contribution in [0.25, 0.3) is 0 Å². The zero-order valence-corrected chi connectivity index (χ0v) is 14.1. The van der Waals surface area contributed by atoms with E-state index in [4.69, 9.17) is 4.74 Å². The van der Waals surface area contributed by atoms with Gasteiger partial charge in [0, 0.05) is 12.1 Å². The first kappa shape index (κ1) is 18.8. The summed E-state index contributed by atoms with van der Waals surface area (Å²) in [6.45, 7) is 2.04. The largest absolute Gasteiger partial charge is 0.496 e. The minimum absolute atomic E-state index is 0.401. The van der Waals surface area contributed by atoms with Crippen LogP contribution in [0.5, 0.6) is 5.75 Å². The molecule has 1 N–H and O–H groups in total. The number of likely N-dealkylation sites (N-methyl/N-ethyl adjacent to an activating group) is 1. The first-order chi connectivity index (χ1) is 11.8. The van der Waals surface area contributed by atoms with Crippen molar-refractivity contribution in [2.75, 3.05) is 19.5 Å². The summed E-state index contributed by atoms with van der Waals surface area (Å²) in [4.78, 5) is 14.0. The van der Waals surface area contributed by atoms with Gasteiger partial charge in [-0.3, -0.25) is 9.69 Å². The van der Waals surface area contributed by atoms with Gasteiger partial charge in [0.05, 0.1) is 18.8 Å². The Morgan fingerprint density at radius 2 is 1.84 bits per heavy atom. The molecule has 7 heteroatoms. The molecule has 2 aromatic rings. The van der Waals surface area contributed by atoms with Crippen LogP contribution < -0.4 is 10.1 Å². The average molecular weight is 352 g/mol. The standard InChI is InChI=1S/C18H19F3N2O2/c1-11(23(2)10-12-6-4-5-7-15(12)25-3)18(24)22-14-9-8-13(19)16(20)17(14)21/h4-9,11H,10H2,1-3H3,(H,22,24)/t11-/m0/s1. The second-order valence-electron chi connectivity index (χ2n) is 5.62. The number of hydrogen-bond donors (Lipinski definition) is 1. The SMILES string of the molecule is COc1ccccc1CN(C)[C@@H](C)C(=O)Nc1ccc(F)c(F)c1F. The molecular formula is C18H19F3N2O2. The van der Waals surface area contributed by atoms with Gasteiger partial charge in [-0.15, -0.1) is 0 Å². The fourth-order valence-corrected chi connectivity index (χ4v) is 2.30. The molecule has 0 heterocycles. The Balaban J connectivity index is 2.08. The van der Waals surface area contributed by atoms with E-state index in [1.54, 1.807) is 26.0 Å². The number of hydrogen-bond acceptors (Lipinski definition) is 3. The summed E-state index contributed by atoms with van der Waals surface area (Å²) in [6, 6.07) is 8.48. The zero-order chi connectivity index (χ0) is 18.6. The summed E-state index contributed by atoms with van der Waals surface area (Å²) >= 11 is 0. The number of ether oxygens (including phenoxy) is 1. The molecule has 2 aromatic carbocycles. The number of methoxy groups -OCH3 is 1. The van der Waals surface area contributed by atoms with Crippen molar-refractivity contribution in [2.24, 2.45) is 0 Å². The van der Waals surface area contributed by atoms with Crippen molar-refractivity contribution in [1.82, 2.24) is 4.90 Å². The smallest absolute Gasteiger partial charge is 0.241 e.